The van der Waals surface area contributed by atoms with Crippen LogP contribution < -0.4 is 4.90 Å². The summed E-state index contributed by atoms with van der Waals surface area (Å²) >= 11 is 0. The Morgan fingerprint density at radius 2 is 2.00 bits per heavy atom. The highest BCUT2D eigenvalue weighted by atomic mass is 16.4. The van der Waals surface area contributed by atoms with Crippen molar-refractivity contribution in [1.82, 2.24) is 9.80 Å². The Kier molecular flexibility index (Phi) is 4.36. The molecule has 0 bridgehead atoms. The average molecular weight is 385 g/mol. The second-order valence-corrected chi connectivity index (χ2v) is 7.87. The van der Waals surface area contributed by atoms with Crippen molar-refractivity contribution < 1.29 is 24.3 Å². The monoisotopic (exact) mass is 385 g/mol. The van der Waals surface area contributed by atoms with E-state index in [4.69, 9.17) is 0 Å². The molecule has 2 saturated heterocycles. The Balaban J connectivity index is 1.62. The molecule has 3 amide bonds. The third-order valence-electron chi connectivity index (χ3n) is 6.16. The van der Waals surface area contributed by atoms with Gasteiger partial charge in [-0.3, -0.25) is 24.1 Å². The summed E-state index contributed by atoms with van der Waals surface area (Å²) in [6, 6.07) is 6.96. The van der Waals surface area contributed by atoms with Crippen molar-refractivity contribution in [2.45, 2.75) is 38.3 Å². The van der Waals surface area contributed by atoms with Crippen molar-refractivity contribution in [3.63, 3.8) is 0 Å². The number of nitrogens with zero attached hydrogens (tertiary/aromatic N) is 3. The predicted octanol–water partition coefficient (Wildman–Crippen LogP) is 1.31. The second kappa shape index (κ2) is 6.61. The van der Waals surface area contributed by atoms with Crippen LogP contribution in [-0.4, -0.2) is 63.9 Å². The number of carbonyl (C=O) groups excluding carboxylic acids is 3. The molecule has 1 aromatic carbocycles. The van der Waals surface area contributed by atoms with Gasteiger partial charge in [0, 0.05) is 19.5 Å². The third-order valence-corrected chi connectivity index (χ3v) is 6.16. The van der Waals surface area contributed by atoms with E-state index in [9.17, 15) is 24.3 Å². The fraction of sp³-hybridized carbons (Fsp3) is 0.500. The van der Waals surface area contributed by atoms with E-state index in [1.807, 2.05) is 6.92 Å². The SMILES string of the molecule is CC12CCC(=O)N1c1ccccc1C(=O)N2CC(=O)N1CCCC(C(=O)O)C1. The Hall–Kier alpha value is -2.90. The summed E-state index contributed by atoms with van der Waals surface area (Å²) in [4.78, 5) is 54.6. The highest BCUT2D eigenvalue weighted by Crippen LogP contribution is 2.43. The predicted molar refractivity (Wildman–Crippen MR) is 99.5 cm³/mol. The molecule has 8 nitrogen and oxygen atoms in total. The molecule has 28 heavy (non-hydrogen) atoms. The second-order valence-electron chi connectivity index (χ2n) is 7.87. The fourth-order valence-corrected chi connectivity index (χ4v) is 4.58. The number of anilines is 1. The number of rotatable bonds is 3. The first-order chi connectivity index (χ1) is 13.3. The quantitative estimate of drug-likeness (QED) is 0.846. The number of hydrogen-bond donors (Lipinski definition) is 1. The van der Waals surface area contributed by atoms with Gasteiger partial charge < -0.3 is 14.9 Å². The molecule has 0 spiro atoms. The molecule has 148 valence electrons. The third kappa shape index (κ3) is 2.75. The van der Waals surface area contributed by atoms with Crippen LogP contribution in [0.5, 0.6) is 0 Å². The number of para-hydroxylation sites is 1. The Bertz CT molecular complexity index is 869. The molecule has 0 aliphatic carbocycles. The number of piperidine rings is 1. The molecule has 4 rings (SSSR count). The van der Waals surface area contributed by atoms with E-state index in [1.54, 1.807) is 29.2 Å². The van der Waals surface area contributed by atoms with Gasteiger partial charge in [0.2, 0.25) is 11.8 Å². The molecule has 8 heteroatoms. The van der Waals surface area contributed by atoms with Crippen LogP contribution in [-0.2, 0) is 14.4 Å². The summed E-state index contributed by atoms with van der Waals surface area (Å²) in [6.45, 7) is 2.29. The summed E-state index contributed by atoms with van der Waals surface area (Å²) in [6.07, 6.45) is 1.95. The molecule has 1 N–H and O–H groups in total. The lowest BCUT2D eigenvalue weighted by Gasteiger charge is -2.48. The minimum atomic E-state index is -0.903. The minimum absolute atomic E-state index is 0.0659. The van der Waals surface area contributed by atoms with Gasteiger partial charge in [0.1, 0.15) is 12.2 Å². The van der Waals surface area contributed by atoms with Gasteiger partial charge >= 0.3 is 5.97 Å². The first kappa shape index (κ1) is 18.5. The lowest BCUT2D eigenvalue weighted by atomic mass is 9.97. The molecule has 0 saturated carbocycles. The van der Waals surface area contributed by atoms with Gasteiger partial charge in [-0.1, -0.05) is 12.1 Å². The zero-order valence-electron chi connectivity index (χ0n) is 15.8. The maximum Gasteiger partial charge on any atom is 0.308 e. The topological polar surface area (TPSA) is 98.2 Å². The van der Waals surface area contributed by atoms with Crippen molar-refractivity contribution in [3.8, 4) is 0 Å². The molecular weight excluding hydrogens is 362 g/mol. The Morgan fingerprint density at radius 3 is 2.75 bits per heavy atom. The smallest absolute Gasteiger partial charge is 0.308 e. The Morgan fingerprint density at radius 1 is 1.25 bits per heavy atom. The molecule has 3 aliphatic rings. The summed E-state index contributed by atoms with van der Waals surface area (Å²) < 4.78 is 0. The number of benzene rings is 1. The van der Waals surface area contributed by atoms with Gasteiger partial charge in [-0.2, -0.15) is 0 Å². The highest BCUT2D eigenvalue weighted by Gasteiger charge is 2.53. The van der Waals surface area contributed by atoms with E-state index >= 15 is 0 Å². The summed E-state index contributed by atoms with van der Waals surface area (Å²) in [5.41, 5.74) is 0.107. The average Bonchev–Trinajstić information content (AvgIpc) is 3.00. The van der Waals surface area contributed by atoms with E-state index in [1.165, 1.54) is 9.80 Å². The van der Waals surface area contributed by atoms with Gasteiger partial charge in [-0.15, -0.1) is 0 Å². The van der Waals surface area contributed by atoms with Crippen molar-refractivity contribution >= 4 is 29.4 Å². The lowest BCUT2D eigenvalue weighted by Crippen LogP contribution is -2.64. The highest BCUT2D eigenvalue weighted by molar-refractivity contribution is 6.11. The summed E-state index contributed by atoms with van der Waals surface area (Å²) in [5, 5.41) is 9.26. The van der Waals surface area contributed by atoms with Crippen LogP contribution in [0.15, 0.2) is 24.3 Å². The van der Waals surface area contributed by atoms with Gasteiger partial charge in [0.25, 0.3) is 5.91 Å². The van der Waals surface area contributed by atoms with Crippen LogP contribution in [0.1, 0.15) is 43.0 Å². The largest absolute Gasteiger partial charge is 0.481 e. The molecule has 0 radical (unpaired) electrons. The zero-order valence-corrected chi connectivity index (χ0v) is 15.8. The first-order valence-electron chi connectivity index (χ1n) is 9.57. The number of carbonyl (C=O) groups is 4. The van der Waals surface area contributed by atoms with E-state index < -0.39 is 17.6 Å². The molecule has 3 aliphatic heterocycles. The van der Waals surface area contributed by atoms with Crippen LogP contribution in [0.3, 0.4) is 0 Å². The van der Waals surface area contributed by atoms with Crippen LogP contribution in [0, 0.1) is 5.92 Å². The minimum Gasteiger partial charge on any atom is -0.481 e. The number of carboxylic acids is 1. The van der Waals surface area contributed by atoms with Crippen LogP contribution in [0.2, 0.25) is 0 Å². The van der Waals surface area contributed by atoms with Crippen molar-refractivity contribution in [1.29, 1.82) is 0 Å². The first-order valence-corrected chi connectivity index (χ1v) is 9.57. The zero-order chi connectivity index (χ0) is 20.1. The standard InChI is InChI=1S/C20H23N3O5/c1-20-9-8-16(24)23(20)15-7-3-2-6-14(15)18(26)22(20)12-17(25)21-10-4-5-13(11-21)19(27)28/h2-3,6-7,13H,4-5,8-12H2,1H3,(H,27,28). The van der Waals surface area contributed by atoms with Gasteiger partial charge in [0.15, 0.2) is 0 Å². The van der Waals surface area contributed by atoms with Gasteiger partial charge in [0.05, 0.1) is 17.2 Å². The molecule has 0 aromatic heterocycles. The van der Waals surface area contributed by atoms with Crippen LogP contribution in [0.25, 0.3) is 0 Å². The molecule has 2 unspecified atom stereocenters. The van der Waals surface area contributed by atoms with Gasteiger partial charge in [-0.25, -0.2) is 0 Å². The molecule has 2 fully saturated rings. The Labute approximate surface area is 162 Å². The van der Waals surface area contributed by atoms with Crippen LogP contribution in [0.4, 0.5) is 5.69 Å². The van der Waals surface area contributed by atoms with Gasteiger partial charge in [-0.05, 0) is 38.3 Å². The number of aliphatic carboxylic acids is 1. The fourth-order valence-electron chi connectivity index (χ4n) is 4.58. The summed E-state index contributed by atoms with van der Waals surface area (Å²) in [7, 11) is 0. The van der Waals surface area contributed by atoms with E-state index in [0.717, 1.165) is 0 Å². The van der Waals surface area contributed by atoms with E-state index in [2.05, 4.69) is 0 Å². The maximum absolute atomic E-state index is 13.2. The number of hydrogen-bond acceptors (Lipinski definition) is 4. The number of fused-ring (bicyclic) bond motifs is 3. The van der Waals surface area contributed by atoms with E-state index in [-0.39, 0.29) is 30.8 Å². The van der Waals surface area contributed by atoms with Crippen molar-refractivity contribution in [2.75, 3.05) is 24.5 Å². The number of amides is 3. The molecule has 3 heterocycles. The molecular formula is C20H23N3O5. The maximum atomic E-state index is 13.2. The number of carboxylic acid groups (broad SMARTS) is 1. The van der Waals surface area contributed by atoms with E-state index in [0.29, 0.717) is 43.5 Å². The molecule has 2 atom stereocenters. The molecule has 1 aromatic rings. The van der Waals surface area contributed by atoms with Crippen molar-refractivity contribution in [3.05, 3.63) is 29.8 Å². The summed E-state index contributed by atoms with van der Waals surface area (Å²) in [5.74, 6) is -2.09. The normalized spacial score (nSPS) is 26.9. The van der Waals surface area contributed by atoms with Crippen LogP contribution >= 0.6 is 0 Å². The van der Waals surface area contributed by atoms with Crippen molar-refractivity contribution in [2.24, 2.45) is 5.92 Å². The lowest BCUT2D eigenvalue weighted by molar-refractivity contribution is -0.146. The number of likely N-dealkylation sites (tertiary alicyclic amines) is 1.